The predicted octanol–water partition coefficient (Wildman–Crippen LogP) is 3.73. The molecule has 0 aliphatic carbocycles. The number of aliphatic carboxylic acids is 1. The summed E-state index contributed by atoms with van der Waals surface area (Å²) in [5.74, 6) is -3.07. The molecule has 1 heterocycles. The third-order valence-corrected chi connectivity index (χ3v) is 6.42. The zero-order valence-electron chi connectivity index (χ0n) is 22.5. The molecule has 4 aromatic rings. The fourth-order valence-electron chi connectivity index (χ4n) is 4.23. The van der Waals surface area contributed by atoms with Crippen LogP contribution in [0.3, 0.4) is 0 Å². The minimum absolute atomic E-state index is 0.134. The van der Waals surface area contributed by atoms with Crippen LogP contribution >= 0.6 is 0 Å². The van der Waals surface area contributed by atoms with Crippen LogP contribution in [0.25, 0.3) is 11.1 Å². The Kier molecular flexibility index (Phi) is 9.50. The maximum Gasteiger partial charge on any atom is 0.319 e. The number of hydrogen-bond donors (Lipinski definition) is 5. The molecular weight excluding hydrogens is 522 g/mol. The SMILES string of the molecule is Cn1cc(NC(=O)NCc2ccccc2)cc1C(=O)NCC(=O)NCC(C(=O)O)c1ccc(-c2ccccc2)cc1. The molecule has 1 atom stereocenters. The van der Waals surface area contributed by atoms with Crippen molar-refractivity contribution in [1.29, 1.82) is 0 Å². The van der Waals surface area contributed by atoms with Crippen LogP contribution in [0, 0.1) is 0 Å². The summed E-state index contributed by atoms with van der Waals surface area (Å²) >= 11 is 0. The number of urea groups is 1. The molecule has 0 saturated heterocycles. The number of aryl methyl sites for hydroxylation is 1. The Morgan fingerprint density at radius 2 is 1.44 bits per heavy atom. The molecule has 5 N–H and O–H groups in total. The van der Waals surface area contributed by atoms with E-state index in [-0.39, 0.29) is 18.8 Å². The molecule has 0 bridgehead atoms. The first-order valence-corrected chi connectivity index (χ1v) is 13.0. The van der Waals surface area contributed by atoms with Gasteiger partial charge in [-0.05, 0) is 28.3 Å². The Bertz CT molecular complexity index is 1500. The lowest BCUT2D eigenvalue weighted by atomic mass is 9.96. The first-order chi connectivity index (χ1) is 19.8. The second-order valence-corrected chi connectivity index (χ2v) is 9.38. The molecule has 210 valence electrons. The molecule has 4 amide bonds. The molecule has 0 aliphatic rings. The summed E-state index contributed by atoms with van der Waals surface area (Å²) in [4.78, 5) is 49.2. The van der Waals surface area contributed by atoms with E-state index >= 15 is 0 Å². The van der Waals surface area contributed by atoms with Gasteiger partial charge in [-0.2, -0.15) is 0 Å². The van der Waals surface area contributed by atoms with Gasteiger partial charge in [0.2, 0.25) is 5.91 Å². The molecule has 0 spiro atoms. The number of nitrogens with zero attached hydrogens (tertiary/aromatic N) is 1. The average Bonchev–Trinajstić information content (AvgIpc) is 3.35. The summed E-state index contributed by atoms with van der Waals surface area (Å²) in [6.45, 7) is -0.127. The lowest BCUT2D eigenvalue weighted by molar-refractivity contribution is -0.138. The molecule has 1 aromatic heterocycles. The molecule has 0 aliphatic heterocycles. The monoisotopic (exact) mass is 553 g/mol. The quantitative estimate of drug-likeness (QED) is 0.192. The van der Waals surface area contributed by atoms with E-state index in [0.717, 1.165) is 16.7 Å². The van der Waals surface area contributed by atoms with Gasteiger partial charge in [-0.25, -0.2) is 4.79 Å². The van der Waals surface area contributed by atoms with E-state index in [9.17, 15) is 24.3 Å². The molecule has 1 unspecified atom stereocenters. The lowest BCUT2D eigenvalue weighted by Gasteiger charge is -2.15. The Labute approximate surface area is 237 Å². The summed E-state index contributed by atoms with van der Waals surface area (Å²) < 4.78 is 1.53. The topological polar surface area (TPSA) is 142 Å². The maximum atomic E-state index is 12.7. The number of aromatic nitrogens is 1. The number of carbonyl (C=O) groups is 4. The van der Waals surface area contributed by atoms with Crippen LogP contribution in [-0.4, -0.2) is 46.6 Å². The highest BCUT2D eigenvalue weighted by Gasteiger charge is 2.21. The number of carbonyl (C=O) groups excluding carboxylic acids is 3. The van der Waals surface area contributed by atoms with Crippen LogP contribution in [0.15, 0.2) is 97.2 Å². The van der Waals surface area contributed by atoms with Crippen LogP contribution < -0.4 is 21.3 Å². The molecule has 4 rings (SSSR count). The van der Waals surface area contributed by atoms with Crippen molar-refractivity contribution in [3.8, 4) is 11.1 Å². The molecular formula is C31H31N5O5. The van der Waals surface area contributed by atoms with E-state index in [1.807, 2.05) is 72.8 Å². The zero-order valence-corrected chi connectivity index (χ0v) is 22.5. The normalized spacial score (nSPS) is 11.2. The standard InChI is InChI=1S/C31H31N5O5/c1-36-20-25(35-31(41)34-17-21-8-4-2-5-9-21)16-27(36)29(38)33-19-28(37)32-18-26(30(39)40)24-14-12-23(13-15-24)22-10-6-3-7-11-22/h2-16,20,26H,17-19H2,1H3,(H,32,37)(H,33,38)(H,39,40)(H2,34,35,41). The molecule has 0 fully saturated rings. The summed E-state index contributed by atoms with van der Waals surface area (Å²) in [7, 11) is 1.64. The largest absolute Gasteiger partial charge is 0.481 e. The van der Waals surface area contributed by atoms with Crippen LogP contribution in [-0.2, 0) is 23.2 Å². The number of nitrogens with one attached hydrogen (secondary N) is 4. The fourth-order valence-corrected chi connectivity index (χ4v) is 4.23. The first kappa shape index (κ1) is 28.6. The van der Waals surface area contributed by atoms with Crippen LogP contribution in [0.5, 0.6) is 0 Å². The van der Waals surface area contributed by atoms with Crippen LogP contribution in [0.1, 0.15) is 27.5 Å². The minimum atomic E-state index is -1.07. The highest BCUT2D eigenvalue weighted by atomic mass is 16.4. The van der Waals surface area contributed by atoms with Gasteiger partial charge < -0.3 is 30.9 Å². The van der Waals surface area contributed by atoms with Gasteiger partial charge in [-0.3, -0.25) is 14.4 Å². The van der Waals surface area contributed by atoms with E-state index in [2.05, 4.69) is 21.3 Å². The zero-order chi connectivity index (χ0) is 29.2. The van der Waals surface area contributed by atoms with E-state index in [0.29, 0.717) is 17.8 Å². The third kappa shape index (κ3) is 8.06. The van der Waals surface area contributed by atoms with Crippen molar-refractivity contribution in [1.82, 2.24) is 20.5 Å². The second kappa shape index (κ2) is 13.6. The third-order valence-electron chi connectivity index (χ3n) is 6.42. The molecule has 3 aromatic carbocycles. The van der Waals surface area contributed by atoms with Crippen molar-refractivity contribution in [2.45, 2.75) is 12.5 Å². The molecule has 10 nitrogen and oxygen atoms in total. The minimum Gasteiger partial charge on any atom is -0.481 e. The van der Waals surface area contributed by atoms with Crippen molar-refractivity contribution >= 4 is 29.5 Å². The van der Waals surface area contributed by atoms with Crippen molar-refractivity contribution in [2.24, 2.45) is 7.05 Å². The van der Waals surface area contributed by atoms with Crippen LogP contribution in [0.4, 0.5) is 10.5 Å². The number of anilines is 1. The number of hydrogen-bond acceptors (Lipinski definition) is 4. The van der Waals surface area contributed by atoms with Gasteiger partial charge in [0.25, 0.3) is 5.91 Å². The van der Waals surface area contributed by atoms with Gasteiger partial charge in [-0.15, -0.1) is 0 Å². The fraction of sp³-hybridized carbons (Fsp3) is 0.161. The van der Waals surface area contributed by atoms with E-state index < -0.39 is 29.7 Å². The van der Waals surface area contributed by atoms with Gasteiger partial charge in [0.15, 0.2) is 0 Å². The van der Waals surface area contributed by atoms with Crippen molar-refractivity contribution in [2.75, 3.05) is 18.4 Å². The highest BCUT2D eigenvalue weighted by molar-refractivity contribution is 5.97. The molecule has 0 radical (unpaired) electrons. The van der Waals surface area contributed by atoms with Gasteiger partial charge in [-0.1, -0.05) is 84.9 Å². The van der Waals surface area contributed by atoms with Crippen LogP contribution in [0.2, 0.25) is 0 Å². The lowest BCUT2D eigenvalue weighted by Crippen LogP contribution is -2.40. The molecule has 0 saturated carbocycles. The van der Waals surface area contributed by atoms with Gasteiger partial charge in [0.1, 0.15) is 5.69 Å². The second-order valence-electron chi connectivity index (χ2n) is 9.38. The number of carboxylic acids is 1. The Morgan fingerprint density at radius 3 is 2.10 bits per heavy atom. The number of amides is 4. The Morgan fingerprint density at radius 1 is 0.805 bits per heavy atom. The Balaban J connectivity index is 1.25. The predicted molar refractivity (Wildman–Crippen MR) is 155 cm³/mol. The van der Waals surface area contributed by atoms with E-state index in [1.54, 1.807) is 25.4 Å². The van der Waals surface area contributed by atoms with Gasteiger partial charge >= 0.3 is 12.0 Å². The van der Waals surface area contributed by atoms with E-state index in [1.165, 1.54) is 10.6 Å². The average molecular weight is 554 g/mol. The summed E-state index contributed by atoms with van der Waals surface area (Å²) in [5, 5.41) is 20.3. The van der Waals surface area contributed by atoms with E-state index in [4.69, 9.17) is 0 Å². The van der Waals surface area contributed by atoms with Gasteiger partial charge in [0, 0.05) is 26.3 Å². The molecule has 10 heteroatoms. The number of carboxylic acid groups (broad SMARTS) is 1. The number of rotatable bonds is 11. The summed E-state index contributed by atoms with van der Waals surface area (Å²) in [5.41, 5.74) is 4.12. The van der Waals surface area contributed by atoms with Crippen molar-refractivity contribution < 1.29 is 24.3 Å². The Hall–Kier alpha value is -5.38. The summed E-state index contributed by atoms with van der Waals surface area (Å²) in [6.07, 6.45) is 1.58. The number of benzene rings is 3. The summed E-state index contributed by atoms with van der Waals surface area (Å²) in [6, 6.07) is 27.4. The smallest absolute Gasteiger partial charge is 0.319 e. The van der Waals surface area contributed by atoms with Crippen molar-refractivity contribution in [3.63, 3.8) is 0 Å². The first-order valence-electron chi connectivity index (χ1n) is 13.0. The van der Waals surface area contributed by atoms with Gasteiger partial charge in [0.05, 0.1) is 18.2 Å². The highest BCUT2D eigenvalue weighted by Crippen LogP contribution is 2.23. The maximum absolute atomic E-state index is 12.7. The molecule has 41 heavy (non-hydrogen) atoms. The van der Waals surface area contributed by atoms with Crippen molar-refractivity contribution in [3.05, 3.63) is 114 Å².